The Labute approximate surface area is 256 Å². The Morgan fingerprint density at radius 3 is 1.39 bits per heavy atom. The third-order valence-electron chi connectivity index (χ3n) is 6.74. The van der Waals surface area contributed by atoms with Gasteiger partial charge in [-0.2, -0.15) is 0 Å². The second kappa shape index (κ2) is 11.5. The third-order valence-corrected chi connectivity index (χ3v) is 6.74. The van der Waals surface area contributed by atoms with Crippen LogP contribution in [-0.2, 0) is 19.1 Å². The fourth-order valence-electron chi connectivity index (χ4n) is 4.65. The van der Waals surface area contributed by atoms with Crippen LogP contribution in [0.2, 0.25) is 0 Å². The molecule has 200 valence electrons. The number of carboxylic acids is 2. The van der Waals surface area contributed by atoms with E-state index in [0.717, 1.165) is 25.7 Å². The van der Waals surface area contributed by atoms with Gasteiger partial charge in [-0.05, 0) is 90.9 Å². The van der Waals surface area contributed by atoms with Gasteiger partial charge < -0.3 is 24.5 Å². The molecule has 0 aromatic heterocycles. The number of rotatable bonds is 2. The SMILES string of the molecule is C.CC(C)(C)OC(=O)N1CC2(CC2)C[C@H]1C(=O)O.CC(C)(C)OC(=O)N1CC2(CC2)C[C@H]1C(=O)[O-].[K+]. The second-order valence-corrected chi connectivity index (χ2v) is 12.3. The Hall–Kier alpha value is -0.884. The molecule has 2 saturated heterocycles. The van der Waals surface area contributed by atoms with Crippen molar-refractivity contribution in [3.8, 4) is 0 Å². The molecule has 4 aliphatic rings. The number of carboxylic acid groups (broad SMARTS) is 2. The number of ether oxygens (including phenoxy) is 2. The van der Waals surface area contributed by atoms with Crippen LogP contribution in [0, 0.1) is 10.8 Å². The average Bonchev–Trinajstić information content (AvgIpc) is 3.48. The molecule has 0 radical (unpaired) electrons. The second-order valence-electron chi connectivity index (χ2n) is 12.3. The molecule has 2 aliphatic carbocycles. The van der Waals surface area contributed by atoms with Gasteiger partial charge in [0, 0.05) is 13.1 Å². The smallest absolute Gasteiger partial charge is 0.548 e. The quantitative estimate of drug-likeness (QED) is 0.488. The van der Waals surface area contributed by atoms with Gasteiger partial charge in [-0.15, -0.1) is 0 Å². The number of likely N-dealkylation sites (tertiary alicyclic amines) is 2. The molecule has 0 bridgehead atoms. The predicted molar refractivity (Wildman–Crippen MR) is 125 cm³/mol. The summed E-state index contributed by atoms with van der Waals surface area (Å²) < 4.78 is 10.5. The molecule has 4 rings (SSSR count). The van der Waals surface area contributed by atoms with Gasteiger partial charge in [0.15, 0.2) is 0 Å². The first-order valence-electron chi connectivity index (χ1n) is 11.9. The standard InChI is InChI=1S/2C12H19NO4.CH4.K/c2*1-11(2,3)17-10(16)13-7-12(4-5-12)6-8(13)9(14)15;;/h2*8H,4-7H2,1-3H3,(H,14,15);1H4;/q;;;+1/p-1/t2*8-;;/m00../s1. The maximum absolute atomic E-state index is 11.9. The number of aliphatic carboxylic acids is 2. The summed E-state index contributed by atoms with van der Waals surface area (Å²) >= 11 is 0. The van der Waals surface area contributed by atoms with Crippen molar-refractivity contribution in [1.82, 2.24) is 9.80 Å². The Morgan fingerprint density at radius 2 is 1.11 bits per heavy atom. The fraction of sp³-hybridized carbons (Fsp3) is 0.840. The van der Waals surface area contributed by atoms with Gasteiger partial charge in [0.05, 0.1) is 12.0 Å². The summed E-state index contributed by atoms with van der Waals surface area (Å²) in [5, 5.41) is 20.2. The van der Waals surface area contributed by atoms with Crippen molar-refractivity contribution < 1.29 is 90.2 Å². The van der Waals surface area contributed by atoms with E-state index in [0.29, 0.717) is 25.9 Å². The predicted octanol–water partition coefficient (Wildman–Crippen LogP) is 0.0266. The zero-order valence-corrected chi connectivity index (χ0v) is 25.1. The summed E-state index contributed by atoms with van der Waals surface area (Å²) in [5.74, 6) is -2.11. The Morgan fingerprint density at radius 1 is 0.778 bits per heavy atom. The minimum absolute atomic E-state index is 0. The largest absolute Gasteiger partial charge is 1.00 e. The minimum atomic E-state index is -1.18. The van der Waals surface area contributed by atoms with Crippen molar-refractivity contribution in [2.24, 2.45) is 10.8 Å². The van der Waals surface area contributed by atoms with Gasteiger partial charge in [0.2, 0.25) is 0 Å². The van der Waals surface area contributed by atoms with E-state index in [4.69, 9.17) is 14.6 Å². The summed E-state index contributed by atoms with van der Waals surface area (Å²) in [6.45, 7) is 11.7. The van der Waals surface area contributed by atoms with E-state index in [1.165, 1.54) is 9.80 Å². The summed E-state index contributed by atoms with van der Waals surface area (Å²) in [4.78, 5) is 48.7. The molecule has 36 heavy (non-hydrogen) atoms. The molecule has 2 atom stereocenters. The zero-order valence-electron chi connectivity index (χ0n) is 22.0. The fourth-order valence-corrected chi connectivity index (χ4v) is 4.65. The number of carbonyl (C=O) groups is 4. The summed E-state index contributed by atoms with van der Waals surface area (Å²) in [7, 11) is 0. The van der Waals surface area contributed by atoms with Crippen molar-refractivity contribution in [2.75, 3.05) is 13.1 Å². The van der Waals surface area contributed by atoms with Crippen LogP contribution in [0.5, 0.6) is 0 Å². The molecule has 0 unspecified atom stereocenters. The van der Waals surface area contributed by atoms with Crippen molar-refractivity contribution in [2.45, 2.75) is 111 Å². The first-order valence-corrected chi connectivity index (χ1v) is 11.9. The Kier molecular flexibility index (Phi) is 10.6. The number of hydrogen-bond donors (Lipinski definition) is 1. The third kappa shape index (κ3) is 8.57. The molecule has 0 aromatic carbocycles. The molecule has 2 amide bonds. The molecule has 2 aliphatic heterocycles. The maximum Gasteiger partial charge on any atom is 1.00 e. The van der Waals surface area contributed by atoms with E-state index in [9.17, 15) is 24.3 Å². The van der Waals surface area contributed by atoms with E-state index >= 15 is 0 Å². The van der Waals surface area contributed by atoms with Gasteiger partial charge in [-0.25, -0.2) is 14.4 Å². The molecule has 0 aromatic rings. The molecular weight excluding hydrogens is 495 g/mol. The molecular formula is C25H41KN2O8. The van der Waals surface area contributed by atoms with Crippen LogP contribution in [0.3, 0.4) is 0 Å². The summed E-state index contributed by atoms with van der Waals surface area (Å²) in [6.07, 6.45) is 4.07. The normalized spacial score (nSPS) is 24.6. The van der Waals surface area contributed by atoms with E-state index in [1.54, 1.807) is 41.5 Å². The van der Waals surface area contributed by atoms with Crippen LogP contribution in [0.1, 0.15) is 87.5 Å². The number of amides is 2. The van der Waals surface area contributed by atoms with Crippen molar-refractivity contribution in [1.29, 1.82) is 0 Å². The Bertz CT molecular complexity index is 785. The molecule has 2 saturated carbocycles. The number of hydrogen-bond acceptors (Lipinski definition) is 7. The maximum atomic E-state index is 11.9. The van der Waals surface area contributed by atoms with Gasteiger partial charge in [-0.3, -0.25) is 9.80 Å². The molecule has 2 heterocycles. The monoisotopic (exact) mass is 536 g/mol. The van der Waals surface area contributed by atoms with Gasteiger partial charge >= 0.3 is 69.5 Å². The van der Waals surface area contributed by atoms with Crippen molar-refractivity contribution in [3.63, 3.8) is 0 Å². The first-order chi connectivity index (χ1) is 15.4. The van der Waals surface area contributed by atoms with E-state index in [1.807, 2.05) is 0 Å². The van der Waals surface area contributed by atoms with Crippen LogP contribution >= 0.6 is 0 Å². The van der Waals surface area contributed by atoms with Crippen molar-refractivity contribution in [3.05, 3.63) is 0 Å². The Balaban J connectivity index is 0.000000341. The summed E-state index contributed by atoms with van der Waals surface area (Å²) in [6, 6.07) is -1.54. The molecule has 2 spiro atoms. The van der Waals surface area contributed by atoms with Crippen molar-refractivity contribution >= 4 is 24.1 Å². The first kappa shape index (κ1) is 33.1. The van der Waals surface area contributed by atoms with Gasteiger partial charge in [0.1, 0.15) is 17.2 Å². The molecule has 4 fully saturated rings. The number of carbonyl (C=O) groups excluding carboxylic acids is 3. The zero-order chi connectivity index (χ0) is 25.7. The minimum Gasteiger partial charge on any atom is -0.548 e. The average molecular weight is 537 g/mol. The van der Waals surface area contributed by atoms with Crippen LogP contribution in [0.4, 0.5) is 9.59 Å². The molecule has 1 N–H and O–H groups in total. The topological polar surface area (TPSA) is 137 Å². The van der Waals surface area contributed by atoms with Crippen LogP contribution < -0.4 is 56.5 Å². The number of nitrogens with zero attached hydrogens (tertiary/aromatic N) is 2. The summed E-state index contributed by atoms with van der Waals surface area (Å²) in [5.41, 5.74) is -1.09. The van der Waals surface area contributed by atoms with E-state index < -0.39 is 47.4 Å². The molecule has 10 nitrogen and oxygen atoms in total. The van der Waals surface area contributed by atoms with E-state index in [2.05, 4.69) is 0 Å². The van der Waals surface area contributed by atoms with E-state index in [-0.39, 0.29) is 69.6 Å². The molecule has 11 heteroatoms. The van der Waals surface area contributed by atoms with Crippen LogP contribution in [-0.4, -0.2) is 75.4 Å². The van der Waals surface area contributed by atoms with Gasteiger partial charge in [0.25, 0.3) is 0 Å². The van der Waals surface area contributed by atoms with Gasteiger partial charge in [-0.1, -0.05) is 7.43 Å². The van der Waals surface area contributed by atoms with Crippen LogP contribution in [0.25, 0.3) is 0 Å². The van der Waals surface area contributed by atoms with Crippen LogP contribution in [0.15, 0.2) is 0 Å².